The Morgan fingerprint density at radius 2 is 2.29 bits per heavy atom. The average molecular weight is 189 g/mol. The van der Waals surface area contributed by atoms with Crippen LogP contribution < -0.4 is 5.73 Å². The normalized spacial score (nSPS) is 10.7. The molecule has 2 aromatic heterocycles. The molecule has 0 radical (unpaired) electrons. The molecule has 0 fully saturated rings. The number of fused-ring (bicyclic) bond motifs is 1. The van der Waals surface area contributed by atoms with E-state index in [1.165, 1.54) is 0 Å². The predicted octanol–water partition coefficient (Wildman–Crippen LogP) is 0.981. The quantitative estimate of drug-likeness (QED) is 0.726. The highest BCUT2D eigenvalue weighted by atomic mass is 16.1. The summed E-state index contributed by atoms with van der Waals surface area (Å²) in [7, 11) is 1.92. The van der Waals surface area contributed by atoms with Gasteiger partial charge in [-0.2, -0.15) is 0 Å². The third-order valence-electron chi connectivity index (χ3n) is 2.32. The number of amides is 1. The van der Waals surface area contributed by atoms with Gasteiger partial charge in [-0.15, -0.1) is 0 Å². The highest BCUT2D eigenvalue weighted by Crippen LogP contribution is 2.18. The first-order valence-electron chi connectivity index (χ1n) is 4.32. The number of aromatic nitrogens is 2. The smallest absolute Gasteiger partial charge is 0.267 e. The Hall–Kier alpha value is -1.84. The van der Waals surface area contributed by atoms with Crippen molar-refractivity contribution >= 4 is 16.8 Å². The van der Waals surface area contributed by atoms with Gasteiger partial charge in [-0.1, -0.05) is 0 Å². The number of hydrogen-bond donors (Lipinski definition) is 1. The molecule has 14 heavy (non-hydrogen) atoms. The Morgan fingerprint density at radius 3 is 2.93 bits per heavy atom. The summed E-state index contributed by atoms with van der Waals surface area (Å²) in [6.45, 7) is 1.87. The van der Waals surface area contributed by atoms with Crippen molar-refractivity contribution in [1.29, 1.82) is 0 Å². The van der Waals surface area contributed by atoms with Crippen molar-refractivity contribution in [3.05, 3.63) is 29.7 Å². The molecule has 0 bridgehead atoms. The minimum absolute atomic E-state index is 0.316. The lowest BCUT2D eigenvalue weighted by Crippen LogP contribution is -2.13. The molecule has 0 atom stereocenters. The van der Waals surface area contributed by atoms with Crippen LogP contribution in [0.5, 0.6) is 0 Å². The molecule has 4 heteroatoms. The van der Waals surface area contributed by atoms with Gasteiger partial charge in [0.2, 0.25) is 0 Å². The lowest BCUT2D eigenvalue weighted by Gasteiger charge is -2.01. The Kier molecular flexibility index (Phi) is 1.77. The minimum atomic E-state index is -0.490. The predicted molar refractivity (Wildman–Crippen MR) is 54.0 cm³/mol. The highest BCUT2D eigenvalue weighted by Gasteiger charge is 2.08. The third kappa shape index (κ3) is 1.16. The largest absolute Gasteiger partial charge is 0.364 e. The topological polar surface area (TPSA) is 60.9 Å². The molecule has 2 rings (SSSR count). The Bertz CT molecular complexity index is 513. The number of aryl methyl sites for hydroxylation is 2. The van der Waals surface area contributed by atoms with Crippen LogP contribution in [0, 0.1) is 6.92 Å². The molecule has 0 spiro atoms. The maximum atomic E-state index is 11.0. The molecule has 2 aromatic rings. The molecule has 4 nitrogen and oxygen atoms in total. The molecule has 0 aliphatic rings. The summed E-state index contributed by atoms with van der Waals surface area (Å²) >= 11 is 0. The van der Waals surface area contributed by atoms with Crippen LogP contribution in [-0.4, -0.2) is 15.5 Å². The monoisotopic (exact) mass is 189 g/mol. The Morgan fingerprint density at radius 1 is 1.57 bits per heavy atom. The van der Waals surface area contributed by atoms with Gasteiger partial charge < -0.3 is 10.3 Å². The summed E-state index contributed by atoms with van der Waals surface area (Å²) in [5.41, 5.74) is 7.31. The summed E-state index contributed by atoms with van der Waals surface area (Å²) in [4.78, 5) is 15.1. The second-order valence-corrected chi connectivity index (χ2v) is 3.32. The number of carbonyl (C=O) groups is 1. The van der Waals surface area contributed by atoms with Crippen LogP contribution in [0.3, 0.4) is 0 Å². The molecule has 0 saturated heterocycles. The van der Waals surface area contributed by atoms with Gasteiger partial charge in [0, 0.05) is 24.3 Å². The lowest BCUT2D eigenvalue weighted by molar-refractivity contribution is 0.0995. The van der Waals surface area contributed by atoms with Crippen LogP contribution in [0.2, 0.25) is 0 Å². The molecule has 72 valence electrons. The molecular formula is C10H11N3O. The van der Waals surface area contributed by atoms with E-state index in [1.807, 2.05) is 30.8 Å². The number of pyridine rings is 1. The Balaban J connectivity index is 2.82. The lowest BCUT2D eigenvalue weighted by atomic mass is 10.2. The van der Waals surface area contributed by atoms with Gasteiger partial charge in [-0.05, 0) is 19.1 Å². The van der Waals surface area contributed by atoms with Crippen LogP contribution in [-0.2, 0) is 7.05 Å². The van der Waals surface area contributed by atoms with Gasteiger partial charge in [0.25, 0.3) is 5.91 Å². The van der Waals surface area contributed by atoms with Crippen molar-refractivity contribution in [1.82, 2.24) is 9.55 Å². The van der Waals surface area contributed by atoms with Crippen LogP contribution >= 0.6 is 0 Å². The van der Waals surface area contributed by atoms with E-state index in [1.54, 1.807) is 6.07 Å². The summed E-state index contributed by atoms with van der Waals surface area (Å²) in [6.07, 6.45) is 1.93. The zero-order valence-corrected chi connectivity index (χ0v) is 8.11. The fraction of sp³-hybridized carbons (Fsp3) is 0.200. The zero-order chi connectivity index (χ0) is 10.3. The van der Waals surface area contributed by atoms with Crippen molar-refractivity contribution in [2.24, 2.45) is 12.8 Å². The van der Waals surface area contributed by atoms with Crippen molar-refractivity contribution in [2.75, 3.05) is 0 Å². The summed E-state index contributed by atoms with van der Waals surface area (Å²) < 4.78 is 1.94. The first-order chi connectivity index (χ1) is 6.59. The van der Waals surface area contributed by atoms with Gasteiger partial charge in [-0.25, -0.2) is 4.98 Å². The second kappa shape index (κ2) is 2.83. The first-order valence-corrected chi connectivity index (χ1v) is 4.32. The molecule has 0 saturated carbocycles. The van der Waals surface area contributed by atoms with Crippen molar-refractivity contribution in [3.8, 4) is 0 Å². The number of nitrogens with zero attached hydrogens (tertiary/aromatic N) is 2. The fourth-order valence-electron chi connectivity index (χ4n) is 1.56. The Labute approximate surface area is 81.3 Å². The number of carbonyl (C=O) groups excluding carboxylic acids is 1. The number of hydrogen-bond acceptors (Lipinski definition) is 2. The first kappa shape index (κ1) is 8.74. The molecule has 2 N–H and O–H groups in total. The van der Waals surface area contributed by atoms with Crippen molar-refractivity contribution in [3.63, 3.8) is 0 Å². The van der Waals surface area contributed by atoms with E-state index in [0.29, 0.717) is 5.69 Å². The van der Waals surface area contributed by atoms with Gasteiger partial charge in [0.15, 0.2) is 0 Å². The van der Waals surface area contributed by atoms with Gasteiger partial charge in [0.05, 0.1) is 5.52 Å². The van der Waals surface area contributed by atoms with E-state index in [2.05, 4.69) is 4.98 Å². The third-order valence-corrected chi connectivity index (χ3v) is 2.32. The minimum Gasteiger partial charge on any atom is -0.364 e. The summed E-state index contributed by atoms with van der Waals surface area (Å²) in [6, 6.07) is 3.69. The van der Waals surface area contributed by atoms with Gasteiger partial charge >= 0.3 is 0 Å². The number of rotatable bonds is 1. The van der Waals surface area contributed by atoms with Crippen LogP contribution in [0.4, 0.5) is 0 Å². The van der Waals surface area contributed by atoms with E-state index in [-0.39, 0.29) is 0 Å². The summed E-state index contributed by atoms with van der Waals surface area (Å²) in [5, 5.41) is 1.05. The number of primary amides is 1. The zero-order valence-electron chi connectivity index (χ0n) is 8.11. The van der Waals surface area contributed by atoms with Crippen LogP contribution in [0.1, 0.15) is 16.2 Å². The standard InChI is InChI=1S/C10H11N3O/c1-6-7-3-4-13(2)9(7)5-8(12-6)10(11)14/h3-5H,1-2H3,(H2,11,14). The van der Waals surface area contributed by atoms with E-state index in [9.17, 15) is 4.79 Å². The molecule has 1 amide bonds. The summed E-state index contributed by atoms with van der Waals surface area (Å²) in [5.74, 6) is -0.490. The maximum absolute atomic E-state index is 11.0. The average Bonchev–Trinajstić information content (AvgIpc) is 2.48. The highest BCUT2D eigenvalue weighted by molar-refractivity contribution is 5.95. The van der Waals surface area contributed by atoms with Crippen LogP contribution in [0.15, 0.2) is 18.3 Å². The van der Waals surface area contributed by atoms with E-state index < -0.39 is 5.91 Å². The van der Waals surface area contributed by atoms with E-state index >= 15 is 0 Å². The van der Waals surface area contributed by atoms with Crippen molar-refractivity contribution < 1.29 is 4.79 Å². The van der Waals surface area contributed by atoms with E-state index in [0.717, 1.165) is 16.6 Å². The van der Waals surface area contributed by atoms with Gasteiger partial charge in [-0.3, -0.25) is 4.79 Å². The molecule has 0 aliphatic heterocycles. The number of nitrogens with two attached hydrogens (primary N) is 1. The molecule has 0 aliphatic carbocycles. The van der Waals surface area contributed by atoms with Crippen molar-refractivity contribution in [2.45, 2.75) is 6.92 Å². The fourth-order valence-corrected chi connectivity index (χ4v) is 1.56. The molecule has 2 heterocycles. The van der Waals surface area contributed by atoms with Gasteiger partial charge in [0.1, 0.15) is 5.69 Å². The maximum Gasteiger partial charge on any atom is 0.267 e. The van der Waals surface area contributed by atoms with E-state index in [4.69, 9.17) is 5.73 Å². The molecule has 0 aromatic carbocycles. The second-order valence-electron chi connectivity index (χ2n) is 3.32. The molecular weight excluding hydrogens is 178 g/mol. The molecule has 0 unspecified atom stereocenters. The SMILES string of the molecule is Cc1nc(C(N)=O)cc2c1ccn2C. The van der Waals surface area contributed by atoms with Crippen LogP contribution in [0.25, 0.3) is 10.9 Å².